The lowest BCUT2D eigenvalue weighted by Gasteiger charge is -2.11. The van der Waals surface area contributed by atoms with Crippen LogP contribution >= 0.6 is 0 Å². The van der Waals surface area contributed by atoms with Crippen LogP contribution in [0, 0.1) is 22.7 Å². The number of nitrogens with two attached hydrogens (primary N) is 1. The molecule has 1 heterocycles. The molecule has 2 N–H and O–H groups in total. The molecule has 5 heteroatoms. The SMILES string of the molecule is CCCCCCOc1ccc(-c2cc(-c3ccc(C#N)cc3)nc(N)c2C#N)cc1. The predicted octanol–water partition coefficient (Wildman–Crippen LogP) is 5.70. The van der Waals surface area contributed by atoms with E-state index in [0.29, 0.717) is 23.4 Å². The van der Waals surface area contributed by atoms with Gasteiger partial charge in [0.1, 0.15) is 23.2 Å². The minimum absolute atomic E-state index is 0.186. The number of ether oxygens (including phenoxy) is 1. The quantitative estimate of drug-likeness (QED) is 0.493. The number of nitrogens with zero attached hydrogens (tertiary/aromatic N) is 3. The van der Waals surface area contributed by atoms with Gasteiger partial charge in [-0.15, -0.1) is 0 Å². The van der Waals surface area contributed by atoms with E-state index in [4.69, 9.17) is 15.7 Å². The van der Waals surface area contributed by atoms with Crippen LogP contribution in [0.15, 0.2) is 54.6 Å². The third-order valence-corrected chi connectivity index (χ3v) is 4.90. The highest BCUT2D eigenvalue weighted by molar-refractivity contribution is 5.80. The van der Waals surface area contributed by atoms with E-state index < -0.39 is 0 Å². The van der Waals surface area contributed by atoms with Crippen LogP contribution in [0.3, 0.4) is 0 Å². The standard InChI is InChI=1S/C25H24N4O/c1-2-3-4-5-14-30-21-12-10-19(11-13-21)22-15-24(29-25(28)23(22)17-27)20-8-6-18(16-26)7-9-20/h6-13,15H,2-5,14H2,1H3,(H2,28,29). The first-order valence-corrected chi connectivity index (χ1v) is 10.1. The van der Waals surface area contributed by atoms with Crippen LogP contribution in [-0.4, -0.2) is 11.6 Å². The molecule has 0 fully saturated rings. The zero-order valence-corrected chi connectivity index (χ0v) is 17.1. The van der Waals surface area contributed by atoms with Crippen molar-refractivity contribution < 1.29 is 4.74 Å². The first-order valence-electron chi connectivity index (χ1n) is 10.1. The number of pyridine rings is 1. The first kappa shape index (κ1) is 20.9. The zero-order valence-electron chi connectivity index (χ0n) is 17.1. The highest BCUT2D eigenvalue weighted by atomic mass is 16.5. The number of hydrogen-bond acceptors (Lipinski definition) is 5. The lowest BCUT2D eigenvalue weighted by atomic mass is 9.98. The summed E-state index contributed by atoms with van der Waals surface area (Å²) >= 11 is 0. The summed E-state index contributed by atoms with van der Waals surface area (Å²) in [5, 5.41) is 18.6. The van der Waals surface area contributed by atoms with E-state index in [1.165, 1.54) is 19.3 Å². The van der Waals surface area contributed by atoms with Gasteiger partial charge < -0.3 is 10.5 Å². The molecule has 2 aromatic carbocycles. The summed E-state index contributed by atoms with van der Waals surface area (Å²) in [6, 6.07) is 20.9. The van der Waals surface area contributed by atoms with Gasteiger partial charge in [0, 0.05) is 11.1 Å². The number of benzene rings is 2. The predicted molar refractivity (Wildman–Crippen MR) is 119 cm³/mol. The molecular weight excluding hydrogens is 372 g/mol. The average Bonchev–Trinajstić information content (AvgIpc) is 2.79. The number of unbranched alkanes of at least 4 members (excludes halogenated alkanes) is 3. The van der Waals surface area contributed by atoms with Crippen LogP contribution in [0.5, 0.6) is 5.75 Å². The molecule has 0 aliphatic heterocycles. The molecular formula is C25H24N4O. The molecule has 0 aliphatic carbocycles. The molecule has 0 unspecified atom stereocenters. The summed E-state index contributed by atoms with van der Waals surface area (Å²) in [7, 11) is 0. The molecule has 150 valence electrons. The molecule has 0 radical (unpaired) electrons. The highest BCUT2D eigenvalue weighted by Gasteiger charge is 2.13. The molecule has 0 atom stereocenters. The van der Waals surface area contributed by atoms with E-state index in [1.54, 1.807) is 12.1 Å². The summed E-state index contributed by atoms with van der Waals surface area (Å²) in [6.07, 6.45) is 4.65. The maximum atomic E-state index is 9.60. The Kier molecular flexibility index (Phi) is 7.03. The van der Waals surface area contributed by atoms with Crippen LogP contribution in [0.2, 0.25) is 0 Å². The Labute approximate surface area is 177 Å². The monoisotopic (exact) mass is 396 g/mol. The molecule has 0 bridgehead atoms. The Morgan fingerprint density at radius 3 is 2.23 bits per heavy atom. The topological polar surface area (TPSA) is 95.7 Å². The summed E-state index contributed by atoms with van der Waals surface area (Å²) < 4.78 is 5.81. The van der Waals surface area contributed by atoms with Gasteiger partial charge in [-0.3, -0.25) is 0 Å². The Hall–Kier alpha value is -3.83. The second-order valence-corrected chi connectivity index (χ2v) is 7.05. The van der Waals surface area contributed by atoms with Gasteiger partial charge in [-0.1, -0.05) is 50.5 Å². The van der Waals surface area contributed by atoms with Crippen molar-refractivity contribution in [1.82, 2.24) is 4.98 Å². The van der Waals surface area contributed by atoms with Gasteiger partial charge in [-0.05, 0) is 42.3 Å². The Balaban J connectivity index is 1.86. The fourth-order valence-corrected chi connectivity index (χ4v) is 3.22. The second kappa shape index (κ2) is 10.1. The lowest BCUT2D eigenvalue weighted by Crippen LogP contribution is -2.00. The van der Waals surface area contributed by atoms with E-state index in [1.807, 2.05) is 42.5 Å². The van der Waals surface area contributed by atoms with Crippen molar-refractivity contribution in [3.05, 3.63) is 65.7 Å². The first-order chi connectivity index (χ1) is 14.7. The van der Waals surface area contributed by atoms with Crippen molar-refractivity contribution in [1.29, 1.82) is 10.5 Å². The summed E-state index contributed by atoms with van der Waals surface area (Å²) in [5.74, 6) is 0.994. The largest absolute Gasteiger partial charge is 0.494 e. The van der Waals surface area contributed by atoms with E-state index >= 15 is 0 Å². The normalized spacial score (nSPS) is 10.2. The maximum Gasteiger partial charge on any atom is 0.142 e. The number of anilines is 1. The molecule has 3 aromatic rings. The van der Waals surface area contributed by atoms with Crippen LogP contribution in [0.4, 0.5) is 5.82 Å². The minimum atomic E-state index is 0.186. The van der Waals surface area contributed by atoms with Crippen molar-refractivity contribution in [3.8, 4) is 40.3 Å². The van der Waals surface area contributed by atoms with Crippen molar-refractivity contribution >= 4 is 5.82 Å². The number of nitrogen functional groups attached to an aromatic ring is 1. The van der Waals surface area contributed by atoms with Gasteiger partial charge in [-0.25, -0.2) is 4.98 Å². The summed E-state index contributed by atoms with van der Waals surface area (Å²) in [5.41, 5.74) is 10.1. The van der Waals surface area contributed by atoms with Gasteiger partial charge in [0.2, 0.25) is 0 Å². The minimum Gasteiger partial charge on any atom is -0.494 e. The molecule has 0 saturated heterocycles. The molecule has 3 rings (SSSR count). The van der Waals surface area contributed by atoms with Crippen LogP contribution < -0.4 is 10.5 Å². The average molecular weight is 396 g/mol. The Morgan fingerprint density at radius 2 is 1.60 bits per heavy atom. The number of hydrogen-bond donors (Lipinski definition) is 1. The molecule has 0 saturated carbocycles. The van der Waals surface area contributed by atoms with Crippen molar-refractivity contribution in [2.45, 2.75) is 32.6 Å². The Bertz CT molecular complexity index is 1070. The summed E-state index contributed by atoms with van der Waals surface area (Å²) in [4.78, 5) is 4.39. The highest BCUT2D eigenvalue weighted by Crippen LogP contribution is 2.32. The fraction of sp³-hybridized carbons (Fsp3) is 0.240. The van der Waals surface area contributed by atoms with Gasteiger partial charge in [-0.2, -0.15) is 10.5 Å². The smallest absolute Gasteiger partial charge is 0.142 e. The maximum absolute atomic E-state index is 9.60. The van der Waals surface area contributed by atoms with Crippen LogP contribution in [0.25, 0.3) is 22.4 Å². The molecule has 30 heavy (non-hydrogen) atoms. The van der Waals surface area contributed by atoms with Gasteiger partial charge >= 0.3 is 0 Å². The van der Waals surface area contributed by atoms with Crippen LogP contribution in [-0.2, 0) is 0 Å². The van der Waals surface area contributed by atoms with Crippen molar-refractivity contribution in [3.63, 3.8) is 0 Å². The van der Waals surface area contributed by atoms with Crippen molar-refractivity contribution in [2.24, 2.45) is 0 Å². The Morgan fingerprint density at radius 1 is 0.900 bits per heavy atom. The molecule has 1 aromatic heterocycles. The van der Waals surface area contributed by atoms with Crippen molar-refractivity contribution in [2.75, 3.05) is 12.3 Å². The van der Waals surface area contributed by atoms with Crippen LogP contribution in [0.1, 0.15) is 43.7 Å². The summed E-state index contributed by atoms with van der Waals surface area (Å²) in [6.45, 7) is 2.89. The fourth-order valence-electron chi connectivity index (χ4n) is 3.22. The number of nitriles is 2. The number of rotatable bonds is 8. The molecule has 0 spiro atoms. The lowest BCUT2D eigenvalue weighted by molar-refractivity contribution is 0.305. The molecule has 5 nitrogen and oxygen atoms in total. The van der Waals surface area contributed by atoms with E-state index in [-0.39, 0.29) is 5.82 Å². The van der Waals surface area contributed by atoms with Gasteiger partial charge in [0.25, 0.3) is 0 Å². The zero-order chi connectivity index (χ0) is 21.3. The third-order valence-electron chi connectivity index (χ3n) is 4.90. The van der Waals surface area contributed by atoms with E-state index in [0.717, 1.165) is 28.9 Å². The van der Waals surface area contributed by atoms with E-state index in [9.17, 15) is 5.26 Å². The second-order valence-electron chi connectivity index (χ2n) is 7.05. The third kappa shape index (κ3) is 4.96. The molecule has 0 aliphatic rings. The van der Waals surface area contributed by atoms with E-state index in [2.05, 4.69) is 24.0 Å². The number of aromatic nitrogens is 1. The molecule has 0 amide bonds. The van der Waals surface area contributed by atoms with Gasteiger partial charge in [0.05, 0.1) is 23.9 Å². The van der Waals surface area contributed by atoms with Gasteiger partial charge in [0.15, 0.2) is 0 Å².